The van der Waals surface area contributed by atoms with Gasteiger partial charge in [0.2, 0.25) is 0 Å². The van der Waals surface area contributed by atoms with Gasteiger partial charge in [0.1, 0.15) is 29.1 Å². The highest BCUT2D eigenvalue weighted by atomic mass is 16.5. The lowest BCUT2D eigenvalue weighted by molar-refractivity contribution is -0.140. The van der Waals surface area contributed by atoms with Crippen molar-refractivity contribution < 1.29 is 23.8 Å². The first-order chi connectivity index (χ1) is 15.5. The fraction of sp³-hybridized carbons (Fsp3) is 0.462. The number of furan rings is 1. The largest absolute Gasteiger partial charge is 0.507 e. The van der Waals surface area contributed by atoms with Gasteiger partial charge in [0.15, 0.2) is 0 Å². The molecule has 1 unspecified atom stereocenters. The number of rotatable bonds is 11. The molecule has 32 heavy (non-hydrogen) atoms. The predicted octanol–water partition coefficient (Wildman–Crippen LogP) is 5.77. The Kier molecular flexibility index (Phi) is 8.14. The number of likely N-dealkylation sites (tertiary alicyclic amines) is 1. The van der Waals surface area contributed by atoms with Gasteiger partial charge in [0.25, 0.3) is 11.7 Å². The summed E-state index contributed by atoms with van der Waals surface area (Å²) in [5.74, 6) is 0.392. The standard InChI is InChI=1S/C26H33NO5/c1-4-6-8-16-27-23(21-15-10-18(3)32-21)22(25(29)26(27)30)24(28)19-11-13-20(14-12-19)31-17-9-7-5-2/h10-15,23,28H,4-9,16-17H2,1-3H3/b24-22-. The molecule has 1 amide bonds. The topological polar surface area (TPSA) is 80.0 Å². The normalized spacial score (nSPS) is 17.8. The Morgan fingerprint density at radius 3 is 2.31 bits per heavy atom. The third-order valence-corrected chi connectivity index (χ3v) is 5.72. The van der Waals surface area contributed by atoms with Crippen LogP contribution in [0.5, 0.6) is 5.75 Å². The molecule has 0 saturated carbocycles. The fourth-order valence-electron chi connectivity index (χ4n) is 3.95. The van der Waals surface area contributed by atoms with Gasteiger partial charge in [0.05, 0.1) is 12.2 Å². The lowest BCUT2D eigenvalue weighted by Crippen LogP contribution is -2.30. The molecule has 1 atom stereocenters. The zero-order valence-electron chi connectivity index (χ0n) is 19.2. The number of amides is 1. The summed E-state index contributed by atoms with van der Waals surface area (Å²) in [4.78, 5) is 27.3. The number of aliphatic hydroxyl groups excluding tert-OH is 1. The first-order valence-corrected chi connectivity index (χ1v) is 11.6. The van der Waals surface area contributed by atoms with Crippen LogP contribution in [-0.4, -0.2) is 34.8 Å². The van der Waals surface area contributed by atoms with Crippen LogP contribution in [0.15, 0.2) is 46.4 Å². The summed E-state index contributed by atoms with van der Waals surface area (Å²) < 4.78 is 11.5. The van der Waals surface area contributed by atoms with Crippen LogP contribution in [0.2, 0.25) is 0 Å². The molecule has 1 fully saturated rings. The predicted molar refractivity (Wildman–Crippen MR) is 123 cm³/mol. The molecule has 1 saturated heterocycles. The van der Waals surface area contributed by atoms with Crippen LogP contribution in [0.1, 0.15) is 75.5 Å². The summed E-state index contributed by atoms with van der Waals surface area (Å²) in [6.07, 6.45) is 5.96. The minimum absolute atomic E-state index is 0.0671. The molecule has 1 aromatic heterocycles. The maximum absolute atomic E-state index is 12.9. The zero-order valence-corrected chi connectivity index (χ0v) is 19.2. The third kappa shape index (κ3) is 5.23. The molecule has 172 valence electrons. The second-order valence-electron chi connectivity index (χ2n) is 8.23. The Morgan fingerprint density at radius 2 is 1.69 bits per heavy atom. The maximum atomic E-state index is 12.9. The number of carbonyl (C=O) groups excluding carboxylic acids is 2. The number of aryl methyl sites for hydroxylation is 1. The summed E-state index contributed by atoms with van der Waals surface area (Å²) in [6, 6.07) is 9.78. The highest BCUT2D eigenvalue weighted by Gasteiger charge is 2.47. The molecule has 2 heterocycles. The number of hydrogen-bond donors (Lipinski definition) is 1. The number of ketones is 1. The van der Waals surface area contributed by atoms with Crippen molar-refractivity contribution in [2.45, 2.75) is 65.3 Å². The lowest BCUT2D eigenvalue weighted by Gasteiger charge is -2.23. The SMILES string of the molecule is CCCCCOc1ccc(/C(O)=C2/C(=O)C(=O)N(CCCCC)C2c2ccc(C)o2)cc1. The van der Waals surface area contributed by atoms with Crippen molar-refractivity contribution in [3.8, 4) is 5.75 Å². The Hall–Kier alpha value is -3.02. The Labute approximate surface area is 189 Å². The van der Waals surface area contributed by atoms with Gasteiger partial charge in [-0.15, -0.1) is 0 Å². The van der Waals surface area contributed by atoms with Crippen molar-refractivity contribution in [2.75, 3.05) is 13.2 Å². The van der Waals surface area contributed by atoms with Gasteiger partial charge in [-0.2, -0.15) is 0 Å². The molecule has 0 bridgehead atoms. The van der Waals surface area contributed by atoms with E-state index in [1.54, 1.807) is 36.4 Å². The van der Waals surface area contributed by atoms with Gasteiger partial charge >= 0.3 is 0 Å². The smallest absolute Gasteiger partial charge is 0.295 e. The van der Waals surface area contributed by atoms with Crippen LogP contribution in [0.4, 0.5) is 0 Å². The van der Waals surface area contributed by atoms with Crippen molar-refractivity contribution in [2.24, 2.45) is 0 Å². The molecule has 1 N–H and O–H groups in total. The van der Waals surface area contributed by atoms with E-state index in [1.165, 1.54) is 4.90 Å². The number of ether oxygens (including phenoxy) is 1. The van der Waals surface area contributed by atoms with E-state index in [9.17, 15) is 14.7 Å². The number of unbranched alkanes of at least 4 members (excludes halogenated alkanes) is 4. The average molecular weight is 440 g/mol. The number of aliphatic hydroxyl groups is 1. The molecular weight excluding hydrogens is 406 g/mol. The maximum Gasteiger partial charge on any atom is 0.295 e. The molecule has 0 aliphatic carbocycles. The molecule has 3 rings (SSSR count). The van der Waals surface area contributed by atoms with E-state index in [1.807, 2.05) is 6.92 Å². The van der Waals surface area contributed by atoms with Gasteiger partial charge in [-0.1, -0.05) is 39.5 Å². The van der Waals surface area contributed by atoms with E-state index in [0.29, 0.717) is 36.0 Å². The monoisotopic (exact) mass is 439 g/mol. The minimum Gasteiger partial charge on any atom is -0.507 e. The number of benzene rings is 1. The van der Waals surface area contributed by atoms with E-state index >= 15 is 0 Å². The Morgan fingerprint density at radius 1 is 1.00 bits per heavy atom. The van der Waals surface area contributed by atoms with Gasteiger partial charge in [-0.25, -0.2) is 0 Å². The number of carbonyl (C=O) groups is 2. The molecule has 1 aliphatic heterocycles. The highest BCUT2D eigenvalue weighted by Crippen LogP contribution is 2.40. The van der Waals surface area contributed by atoms with Crippen LogP contribution < -0.4 is 4.74 Å². The molecule has 6 nitrogen and oxygen atoms in total. The van der Waals surface area contributed by atoms with Gasteiger partial charge < -0.3 is 19.2 Å². The second kappa shape index (κ2) is 11.0. The highest BCUT2D eigenvalue weighted by molar-refractivity contribution is 6.46. The molecule has 2 aromatic rings. The quantitative estimate of drug-likeness (QED) is 0.208. The number of hydrogen-bond acceptors (Lipinski definition) is 5. The molecule has 6 heteroatoms. The summed E-state index contributed by atoms with van der Waals surface area (Å²) >= 11 is 0. The zero-order chi connectivity index (χ0) is 23.1. The number of Topliss-reactive ketones (excluding diaryl/α,β-unsaturated/α-hetero) is 1. The average Bonchev–Trinajstić information content (AvgIpc) is 3.33. The van der Waals surface area contributed by atoms with Crippen molar-refractivity contribution in [1.82, 2.24) is 4.90 Å². The van der Waals surface area contributed by atoms with E-state index < -0.39 is 17.7 Å². The van der Waals surface area contributed by atoms with Gasteiger partial charge in [0, 0.05) is 12.1 Å². The van der Waals surface area contributed by atoms with Gasteiger partial charge in [-0.3, -0.25) is 9.59 Å². The molecular formula is C26H33NO5. The van der Waals surface area contributed by atoms with E-state index in [-0.39, 0.29) is 11.3 Å². The molecule has 1 aliphatic rings. The van der Waals surface area contributed by atoms with Crippen molar-refractivity contribution in [3.63, 3.8) is 0 Å². The fourth-order valence-corrected chi connectivity index (χ4v) is 3.95. The van der Waals surface area contributed by atoms with Crippen molar-refractivity contribution in [1.29, 1.82) is 0 Å². The molecule has 0 radical (unpaired) electrons. The minimum atomic E-state index is -0.731. The molecule has 0 spiro atoms. The first-order valence-electron chi connectivity index (χ1n) is 11.6. The Balaban J connectivity index is 1.91. The Bertz CT molecular complexity index is 957. The molecule has 1 aromatic carbocycles. The third-order valence-electron chi connectivity index (χ3n) is 5.72. The van der Waals surface area contributed by atoms with Gasteiger partial charge in [-0.05, 0) is 56.2 Å². The summed E-state index contributed by atoms with van der Waals surface area (Å²) in [6.45, 7) is 7.11. The summed E-state index contributed by atoms with van der Waals surface area (Å²) in [5, 5.41) is 11.1. The number of nitrogens with zero attached hydrogens (tertiary/aromatic N) is 1. The van der Waals surface area contributed by atoms with Crippen LogP contribution >= 0.6 is 0 Å². The van der Waals surface area contributed by atoms with Crippen LogP contribution in [-0.2, 0) is 9.59 Å². The lowest BCUT2D eigenvalue weighted by atomic mass is 9.99. The summed E-state index contributed by atoms with van der Waals surface area (Å²) in [5.41, 5.74) is 0.531. The van der Waals surface area contributed by atoms with Crippen LogP contribution in [0.3, 0.4) is 0 Å². The van der Waals surface area contributed by atoms with E-state index in [4.69, 9.17) is 9.15 Å². The van der Waals surface area contributed by atoms with E-state index in [0.717, 1.165) is 38.5 Å². The second-order valence-corrected chi connectivity index (χ2v) is 8.23. The summed E-state index contributed by atoms with van der Waals surface area (Å²) in [7, 11) is 0. The van der Waals surface area contributed by atoms with Crippen LogP contribution in [0.25, 0.3) is 5.76 Å². The first kappa shape index (κ1) is 23.6. The van der Waals surface area contributed by atoms with Crippen molar-refractivity contribution >= 4 is 17.4 Å². The van der Waals surface area contributed by atoms with Crippen molar-refractivity contribution in [3.05, 3.63) is 59.1 Å². The van der Waals surface area contributed by atoms with E-state index in [2.05, 4.69) is 13.8 Å². The van der Waals surface area contributed by atoms with Crippen LogP contribution in [0, 0.1) is 6.92 Å².